The Labute approximate surface area is 118 Å². The molecule has 2 aromatic rings. The van der Waals surface area contributed by atoms with Crippen molar-refractivity contribution in [3.63, 3.8) is 0 Å². The molecule has 0 saturated carbocycles. The number of nitrogens with zero attached hydrogens (tertiary/aromatic N) is 1. The summed E-state index contributed by atoms with van der Waals surface area (Å²) < 4.78 is 0. The van der Waals surface area contributed by atoms with Gasteiger partial charge in [-0.15, -0.1) is 22.7 Å². The van der Waals surface area contributed by atoms with Crippen LogP contribution in [0.1, 0.15) is 57.5 Å². The molecule has 0 aliphatic rings. The lowest BCUT2D eigenvalue weighted by Crippen LogP contribution is -2.11. The maximum absolute atomic E-state index is 4.78. The smallest absolute Gasteiger partial charge is 0.133 e. The van der Waals surface area contributed by atoms with Gasteiger partial charge in [-0.2, -0.15) is 0 Å². The van der Waals surface area contributed by atoms with Crippen LogP contribution in [-0.4, -0.2) is 4.98 Å². The molecular weight excluding hydrogens is 258 g/mol. The van der Waals surface area contributed by atoms with E-state index in [1.54, 1.807) is 11.3 Å². The number of thiophene rings is 1. The van der Waals surface area contributed by atoms with Crippen LogP contribution in [0.2, 0.25) is 0 Å². The molecule has 0 saturated heterocycles. The van der Waals surface area contributed by atoms with E-state index in [1.165, 1.54) is 26.9 Å². The van der Waals surface area contributed by atoms with Crippen LogP contribution in [0.4, 0.5) is 0 Å². The van der Waals surface area contributed by atoms with Crippen molar-refractivity contribution < 1.29 is 0 Å². The van der Waals surface area contributed by atoms with Crippen LogP contribution in [0.25, 0.3) is 9.88 Å². The lowest BCUT2D eigenvalue weighted by molar-refractivity contribution is 0.573. The van der Waals surface area contributed by atoms with Crippen molar-refractivity contribution in [2.75, 3.05) is 0 Å². The first-order chi connectivity index (χ1) is 8.41. The Bertz CT molecular complexity index is 517. The van der Waals surface area contributed by atoms with E-state index in [-0.39, 0.29) is 5.41 Å². The maximum atomic E-state index is 4.78. The zero-order chi connectivity index (χ0) is 13.3. The van der Waals surface area contributed by atoms with Gasteiger partial charge in [0.1, 0.15) is 5.01 Å². The minimum absolute atomic E-state index is 0.144. The lowest BCUT2D eigenvalue weighted by atomic mass is 9.93. The van der Waals surface area contributed by atoms with Gasteiger partial charge >= 0.3 is 0 Å². The van der Waals surface area contributed by atoms with E-state index < -0.39 is 0 Å². The molecule has 1 unspecified atom stereocenters. The zero-order valence-electron chi connectivity index (χ0n) is 11.8. The summed E-state index contributed by atoms with van der Waals surface area (Å²) in [7, 11) is 0. The fraction of sp³-hybridized carbons (Fsp3) is 0.533. The van der Waals surface area contributed by atoms with Gasteiger partial charge in [0.2, 0.25) is 0 Å². The summed E-state index contributed by atoms with van der Waals surface area (Å²) in [5.41, 5.74) is 1.34. The average Bonchev–Trinajstić information content (AvgIpc) is 2.94. The van der Waals surface area contributed by atoms with Crippen LogP contribution in [0.5, 0.6) is 0 Å². The Hall–Kier alpha value is -0.670. The third kappa shape index (κ3) is 2.83. The lowest BCUT2D eigenvalue weighted by Gasteiger charge is -2.14. The van der Waals surface area contributed by atoms with Crippen molar-refractivity contribution in [3.05, 3.63) is 28.1 Å². The van der Waals surface area contributed by atoms with Crippen LogP contribution < -0.4 is 0 Å². The fourth-order valence-corrected chi connectivity index (χ4v) is 3.93. The summed E-state index contributed by atoms with van der Waals surface area (Å²) in [5.74, 6) is 0.658. The van der Waals surface area contributed by atoms with Crippen molar-refractivity contribution in [2.24, 2.45) is 0 Å². The number of hydrogen-bond acceptors (Lipinski definition) is 3. The van der Waals surface area contributed by atoms with Gasteiger partial charge < -0.3 is 0 Å². The molecule has 0 aromatic carbocycles. The number of rotatable bonds is 3. The molecule has 0 fully saturated rings. The van der Waals surface area contributed by atoms with Crippen LogP contribution in [0, 0.1) is 0 Å². The van der Waals surface area contributed by atoms with Crippen molar-refractivity contribution in [1.82, 2.24) is 4.98 Å². The molecule has 2 rings (SSSR count). The second-order valence-electron chi connectivity index (χ2n) is 5.80. The summed E-state index contributed by atoms with van der Waals surface area (Å²) in [6.45, 7) is 11.2. The normalized spacial score (nSPS) is 13.8. The first-order valence-corrected chi connectivity index (χ1v) is 8.17. The second kappa shape index (κ2) is 5.14. The predicted octanol–water partition coefficient (Wildman–Crippen LogP) is 5.68. The van der Waals surface area contributed by atoms with E-state index in [0.29, 0.717) is 5.92 Å². The predicted molar refractivity (Wildman–Crippen MR) is 82.8 cm³/mol. The molecule has 2 heterocycles. The Balaban J connectivity index is 2.27. The minimum Gasteiger partial charge on any atom is -0.240 e. The Kier molecular flexibility index (Phi) is 3.93. The molecule has 0 aliphatic heterocycles. The summed E-state index contributed by atoms with van der Waals surface area (Å²) in [6, 6.07) is 4.48. The maximum Gasteiger partial charge on any atom is 0.133 e. The Morgan fingerprint density at radius 2 is 2.00 bits per heavy atom. The largest absolute Gasteiger partial charge is 0.240 e. The van der Waals surface area contributed by atoms with E-state index in [0.717, 1.165) is 0 Å². The monoisotopic (exact) mass is 279 g/mol. The Morgan fingerprint density at radius 1 is 1.28 bits per heavy atom. The van der Waals surface area contributed by atoms with E-state index in [9.17, 15) is 0 Å². The highest BCUT2D eigenvalue weighted by molar-refractivity contribution is 7.21. The molecule has 2 aromatic heterocycles. The number of aromatic nitrogens is 1. The highest BCUT2D eigenvalue weighted by Crippen LogP contribution is 2.36. The molecule has 1 nitrogen and oxygen atoms in total. The van der Waals surface area contributed by atoms with E-state index >= 15 is 0 Å². The molecule has 0 bridgehead atoms. The van der Waals surface area contributed by atoms with Crippen molar-refractivity contribution in [1.29, 1.82) is 0 Å². The molecule has 18 heavy (non-hydrogen) atoms. The molecule has 98 valence electrons. The van der Waals surface area contributed by atoms with E-state index in [1.807, 2.05) is 11.3 Å². The second-order valence-corrected chi connectivity index (χ2v) is 7.77. The third-order valence-electron chi connectivity index (χ3n) is 3.21. The summed E-state index contributed by atoms with van der Waals surface area (Å²) in [5, 5.41) is 3.36. The first kappa shape index (κ1) is 13.8. The molecule has 0 radical (unpaired) electrons. The van der Waals surface area contributed by atoms with Crippen molar-refractivity contribution >= 4 is 22.7 Å². The van der Waals surface area contributed by atoms with E-state index in [2.05, 4.69) is 52.1 Å². The minimum atomic E-state index is 0.144. The van der Waals surface area contributed by atoms with Crippen LogP contribution in [0.15, 0.2) is 17.5 Å². The van der Waals surface area contributed by atoms with Crippen LogP contribution in [0.3, 0.4) is 0 Å². The van der Waals surface area contributed by atoms with Gasteiger partial charge in [0, 0.05) is 15.7 Å². The van der Waals surface area contributed by atoms with Crippen molar-refractivity contribution in [3.8, 4) is 9.88 Å². The first-order valence-electron chi connectivity index (χ1n) is 6.48. The highest BCUT2D eigenvalue weighted by atomic mass is 32.1. The third-order valence-corrected chi connectivity index (χ3v) is 5.54. The molecular formula is C15H21NS2. The van der Waals surface area contributed by atoms with Gasteiger partial charge in [-0.25, -0.2) is 4.98 Å². The summed E-state index contributed by atoms with van der Waals surface area (Å²) >= 11 is 3.65. The van der Waals surface area contributed by atoms with Gasteiger partial charge in [-0.1, -0.05) is 34.6 Å². The van der Waals surface area contributed by atoms with Gasteiger partial charge in [-0.05, 0) is 24.5 Å². The van der Waals surface area contributed by atoms with Gasteiger partial charge in [0.05, 0.1) is 10.6 Å². The summed E-state index contributed by atoms with van der Waals surface area (Å²) in [4.78, 5) is 7.56. The molecule has 1 atom stereocenters. The molecule has 0 amide bonds. The average molecular weight is 279 g/mol. The van der Waals surface area contributed by atoms with Gasteiger partial charge in [0.25, 0.3) is 0 Å². The standard InChI is InChI=1S/C15H21NS2/c1-6-10(2)11-7-8-12(18-11)14-16-13(9-17-14)15(3,4)5/h7-10H,6H2,1-5H3. The summed E-state index contributed by atoms with van der Waals surface area (Å²) in [6.07, 6.45) is 1.20. The molecule has 3 heteroatoms. The Morgan fingerprint density at radius 3 is 2.56 bits per heavy atom. The van der Waals surface area contributed by atoms with Crippen molar-refractivity contribution in [2.45, 2.75) is 52.4 Å². The number of thiazole rings is 1. The molecule has 0 aliphatic carbocycles. The van der Waals surface area contributed by atoms with E-state index in [4.69, 9.17) is 4.98 Å². The fourth-order valence-electron chi connectivity index (χ4n) is 1.67. The quantitative estimate of drug-likeness (QED) is 0.704. The van der Waals surface area contributed by atoms with Gasteiger partial charge in [0.15, 0.2) is 0 Å². The molecule has 0 spiro atoms. The topological polar surface area (TPSA) is 12.9 Å². The molecule has 0 N–H and O–H groups in total. The van der Waals surface area contributed by atoms with Gasteiger partial charge in [-0.3, -0.25) is 0 Å². The number of hydrogen-bond donors (Lipinski definition) is 0. The highest BCUT2D eigenvalue weighted by Gasteiger charge is 2.18. The SMILES string of the molecule is CCC(C)c1ccc(-c2nc(C(C)(C)C)cs2)s1. The van der Waals surface area contributed by atoms with Crippen LogP contribution in [-0.2, 0) is 5.41 Å². The zero-order valence-corrected chi connectivity index (χ0v) is 13.4. The van der Waals surface area contributed by atoms with Crippen LogP contribution >= 0.6 is 22.7 Å².